The maximum Gasteiger partial charge on any atom is 0.325 e. The van der Waals surface area contributed by atoms with Crippen LogP contribution in [-0.4, -0.2) is 26.1 Å². The van der Waals surface area contributed by atoms with E-state index in [1.165, 1.54) is 11.7 Å². The van der Waals surface area contributed by atoms with E-state index in [0.717, 1.165) is 40.3 Å². The van der Waals surface area contributed by atoms with E-state index in [4.69, 9.17) is 0 Å². The zero-order valence-electron chi connectivity index (χ0n) is 13.0. The van der Waals surface area contributed by atoms with Gasteiger partial charge in [-0.3, -0.25) is 4.79 Å². The summed E-state index contributed by atoms with van der Waals surface area (Å²) in [6.07, 6.45) is 0. The zero-order valence-corrected chi connectivity index (χ0v) is 14.7. The Labute approximate surface area is 146 Å². The number of halogens is 1. The number of esters is 1. The molecule has 1 aromatic heterocycles. The van der Waals surface area contributed by atoms with Crippen molar-refractivity contribution in [3.05, 3.63) is 59.1 Å². The summed E-state index contributed by atoms with van der Waals surface area (Å²) >= 11 is 1.14. The van der Waals surface area contributed by atoms with E-state index in [9.17, 15) is 17.6 Å². The lowest BCUT2D eigenvalue weighted by Gasteiger charge is -2.03. The first-order chi connectivity index (χ1) is 11.9. The van der Waals surface area contributed by atoms with E-state index in [0.29, 0.717) is 5.52 Å². The van der Waals surface area contributed by atoms with Crippen molar-refractivity contribution in [2.45, 2.75) is 11.4 Å². The van der Waals surface area contributed by atoms with Crippen LogP contribution in [0.4, 0.5) is 4.39 Å². The third-order valence-corrected chi connectivity index (χ3v) is 5.87. The number of hydrogen-bond acceptors (Lipinski definition) is 5. The van der Waals surface area contributed by atoms with Gasteiger partial charge in [0.15, 0.2) is 0 Å². The molecule has 0 fully saturated rings. The van der Waals surface area contributed by atoms with Crippen molar-refractivity contribution in [3.8, 4) is 0 Å². The molecule has 0 saturated carbocycles. The Morgan fingerprint density at radius 1 is 1.20 bits per heavy atom. The van der Waals surface area contributed by atoms with Crippen LogP contribution < -0.4 is 4.80 Å². The smallest absolute Gasteiger partial charge is 0.325 e. The molecule has 0 spiro atoms. The number of carbonyl (C=O) groups is 1. The fourth-order valence-corrected chi connectivity index (χ4v) is 4.43. The molecule has 1 heterocycles. The van der Waals surface area contributed by atoms with Crippen LogP contribution in [0.15, 0.2) is 57.8 Å². The molecule has 3 aromatic rings. The number of rotatable bonds is 4. The number of nitrogens with zero attached hydrogens (tertiary/aromatic N) is 2. The van der Waals surface area contributed by atoms with E-state index in [-0.39, 0.29) is 16.2 Å². The van der Waals surface area contributed by atoms with Gasteiger partial charge < -0.3 is 9.30 Å². The predicted octanol–water partition coefficient (Wildman–Crippen LogP) is 2.30. The highest BCUT2D eigenvalue weighted by Crippen LogP contribution is 2.18. The van der Waals surface area contributed by atoms with Crippen molar-refractivity contribution in [2.75, 3.05) is 7.11 Å². The van der Waals surface area contributed by atoms with Gasteiger partial charge in [-0.1, -0.05) is 23.5 Å². The van der Waals surface area contributed by atoms with Crippen LogP contribution >= 0.6 is 11.3 Å². The van der Waals surface area contributed by atoms with Gasteiger partial charge in [-0.05, 0) is 36.4 Å². The standard InChI is InChI=1S/C16H13FN2O4S2/c1-23-15(20)10-19-13-4-2-3-5-14(13)24-16(19)18-25(21,22)12-8-6-11(17)7-9-12/h2-9H,10H2,1H3/b18-16-. The number of ether oxygens (including phenoxy) is 1. The number of carbonyl (C=O) groups excluding carboxylic acids is 1. The number of fused-ring (bicyclic) bond motifs is 1. The minimum atomic E-state index is -4.05. The predicted molar refractivity (Wildman–Crippen MR) is 91.0 cm³/mol. The number of aromatic nitrogens is 1. The average molecular weight is 380 g/mol. The van der Waals surface area contributed by atoms with Crippen molar-refractivity contribution in [3.63, 3.8) is 0 Å². The third kappa shape index (κ3) is 3.62. The molecule has 0 amide bonds. The van der Waals surface area contributed by atoms with E-state index >= 15 is 0 Å². The second-order valence-electron chi connectivity index (χ2n) is 5.03. The summed E-state index contributed by atoms with van der Waals surface area (Å²) in [6.45, 7) is -0.168. The quantitative estimate of drug-likeness (QED) is 0.651. The SMILES string of the molecule is COC(=O)Cn1/c(=N/S(=O)(=O)c2ccc(F)cc2)sc2ccccc21. The van der Waals surface area contributed by atoms with Gasteiger partial charge >= 0.3 is 5.97 Å². The summed E-state index contributed by atoms with van der Waals surface area (Å²) in [6, 6.07) is 11.5. The highest BCUT2D eigenvalue weighted by molar-refractivity contribution is 7.90. The molecule has 130 valence electrons. The molecule has 0 aliphatic heterocycles. The van der Waals surface area contributed by atoms with Crippen LogP contribution in [0.3, 0.4) is 0 Å². The Hall–Kier alpha value is -2.52. The monoisotopic (exact) mass is 380 g/mol. The first-order valence-electron chi connectivity index (χ1n) is 7.12. The molecule has 2 aromatic carbocycles. The Balaban J connectivity index is 2.19. The van der Waals surface area contributed by atoms with E-state index < -0.39 is 21.8 Å². The third-order valence-electron chi connectivity index (χ3n) is 3.41. The lowest BCUT2D eigenvalue weighted by atomic mass is 10.3. The molecule has 0 saturated heterocycles. The molecule has 0 aliphatic carbocycles. The van der Waals surface area contributed by atoms with Crippen molar-refractivity contribution in [1.29, 1.82) is 0 Å². The Morgan fingerprint density at radius 2 is 1.88 bits per heavy atom. The minimum Gasteiger partial charge on any atom is -0.468 e. The maximum atomic E-state index is 13.0. The molecule has 0 aliphatic rings. The first kappa shape index (κ1) is 17.3. The number of hydrogen-bond donors (Lipinski definition) is 0. The first-order valence-corrected chi connectivity index (χ1v) is 9.38. The average Bonchev–Trinajstić information content (AvgIpc) is 2.92. The molecular weight excluding hydrogens is 367 g/mol. The van der Waals surface area contributed by atoms with Crippen LogP contribution in [0.2, 0.25) is 0 Å². The van der Waals surface area contributed by atoms with Gasteiger partial charge in [-0.25, -0.2) is 4.39 Å². The Morgan fingerprint density at radius 3 is 2.56 bits per heavy atom. The number of methoxy groups -OCH3 is 1. The van der Waals surface area contributed by atoms with E-state index in [2.05, 4.69) is 9.13 Å². The van der Waals surface area contributed by atoms with Gasteiger partial charge in [0.2, 0.25) is 4.80 Å². The molecule has 6 nitrogen and oxygen atoms in total. The van der Waals surface area contributed by atoms with Gasteiger partial charge in [0.1, 0.15) is 12.4 Å². The summed E-state index contributed by atoms with van der Waals surface area (Å²) in [5.41, 5.74) is 0.672. The highest BCUT2D eigenvalue weighted by Gasteiger charge is 2.16. The fraction of sp³-hybridized carbons (Fsp3) is 0.125. The van der Waals surface area contributed by atoms with E-state index in [1.54, 1.807) is 24.3 Å². The Kier molecular flexibility index (Phi) is 4.69. The van der Waals surface area contributed by atoms with Gasteiger partial charge in [0, 0.05) is 0 Å². The van der Waals surface area contributed by atoms with Gasteiger partial charge in [-0.15, -0.1) is 4.40 Å². The lowest BCUT2D eigenvalue weighted by Crippen LogP contribution is -2.22. The molecule has 0 N–H and O–H groups in total. The summed E-state index contributed by atoms with van der Waals surface area (Å²) in [4.78, 5) is 11.7. The van der Waals surface area contributed by atoms with Crippen molar-refractivity contribution in [1.82, 2.24) is 4.57 Å². The van der Waals surface area contributed by atoms with Crippen LogP contribution in [0, 0.1) is 5.82 Å². The summed E-state index contributed by atoms with van der Waals surface area (Å²) in [5, 5.41) is 0. The van der Waals surface area contributed by atoms with Crippen molar-refractivity contribution in [2.24, 2.45) is 4.40 Å². The fourth-order valence-electron chi connectivity index (χ4n) is 2.20. The number of sulfonamides is 1. The van der Waals surface area contributed by atoms with Crippen LogP contribution in [0.1, 0.15) is 0 Å². The molecule has 0 atom stereocenters. The minimum absolute atomic E-state index is 0.129. The van der Waals surface area contributed by atoms with Crippen LogP contribution in [0.25, 0.3) is 10.2 Å². The van der Waals surface area contributed by atoms with Gasteiger partial charge in [0.25, 0.3) is 10.0 Å². The molecule has 0 radical (unpaired) electrons. The van der Waals surface area contributed by atoms with Crippen molar-refractivity contribution >= 4 is 37.5 Å². The Bertz CT molecular complexity index is 1100. The molecule has 25 heavy (non-hydrogen) atoms. The van der Waals surface area contributed by atoms with Gasteiger partial charge in [0.05, 0.1) is 22.2 Å². The second kappa shape index (κ2) is 6.77. The molecule has 9 heteroatoms. The zero-order chi connectivity index (χ0) is 18.0. The molecule has 0 bridgehead atoms. The summed E-state index contributed by atoms with van der Waals surface area (Å²) < 4.78 is 48.7. The van der Waals surface area contributed by atoms with Crippen LogP contribution in [-0.2, 0) is 26.1 Å². The summed E-state index contributed by atoms with van der Waals surface area (Å²) in [7, 11) is -2.79. The van der Waals surface area contributed by atoms with Gasteiger partial charge in [-0.2, -0.15) is 8.42 Å². The summed E-state index contributed by atoms with van der Waals surface area (Å²) in [5.74, 6) is -1.06. The molecule has 3 rings (SSSR count). The maximum absolute atomic E-state index is 13.0. The molecular formula is C16H13FN2O4S2. The molecule has 0 unspecified atom stereocenters. The lowest BCUT2D eigenvalue weighted by molar-refractivity contribution is -0.141. The normalized spacial score (nSPS) is 12.5. The topological polar surface area (TPSA) is 77.7 Å². The number of benzene rings is 2. The number of thiazole rings is 1. The second-order valence-corrected chi connectivity index (χ2v) is 7.65. The number of para-hydroxylation sites is 1. The highest BCUT2D eigenvalue weighted by atomic mass is 32.2. The van der Waals surface area contributed by atoms with E-state index in [1.807, 2.05) is 0 Å². The largest absolute Gasteiger partial charge is 0.468 e. The van der Waals surface area contributed by atoms with Crippen molar-refractivity contribution < 1.29 is 22.3 Å². The van der Waals surface area contributed by atoms with Crippen LogP contribution in [0.5, 0.6) is 0 Å².